The van der Waals surface area contributed by atoms with Crippen LogP contribution in [0.15, 0.2) is 33.5 Å². The maximum absolute atomic E-state index is 11.9. The third-order valence-corrected chi connectivity index (χ3v) is 2.91. The van der Waals surface area contributed by atoms with Crippen LogP contribution in [0.2, 0.25) is 0 Å². The zero-order valence-corrected chi connectivity index (χ0v) is 12.9. The van der Waals surface area contributed by atoms with E-state index >= 15 is 0 Å². The minimum absolute atomic E-state index is 0.251. The Morgan fingerprint density at radius 1 is 1.38 bits per heavy atom. The SMILES string of the molecule is Cc1cc(NC(=O)[C@H](C)OC(=O)c2cncc(Br)c2)no1. The Morgan fingerprint density at radius 3 is 2.76 bits per heavy atom. The van der Waals surface area contributed by atoms with Crippen molar-refractivity contribution in [2.45, 2.75) is 20.0 Å². The molecule has 0 aliphatic heterocycles. The second-order valence-corrected chi connectivity index (χ2v) is 5.17. The predicted octanol–water partition coefficient (Wildman–Crippen LogP) is 2.32. The summed E-state index contributed by atoms with van der Waals surface area (Å²) < 4.78 is 10.5. The molecule has 2 aromatic heterocycles. The fourth-order valence-electron chi connectivity index (χ4n) is 1.46. The third kappa shape index (κ3) is 4.12. The van der Waals surface area contributed by atoms with Crippen molar-refractivity contribution in [3.8, 4) is 0 Å². The molecule has 2 heterocycles. The number of anilines is 1. The maximum Gasteiger partial charge on any atom is 0.340 e. The zero-order valence-electron chi connectivity index (χ0n) is 11.3. The molecule has 2 rings (SSSR count). The highest BCUT2D eigenvalue weighted by Crippen LogP contribution is 2.12. The number of aromatic nitrogens is 2. The van der Waals surface area contributed by atoms with E-state index in [2.05, 4.69) is 31.4 Å². The van der Waals surface area contributed by atoms with Crippen LogP contribution in [0, 0.1) is 6.92 Å². The number of aryl methyl sites for hydroxylation is 1. The molecule has 0 spiro atoms. The van der Waals surface area contributed by atoms with Crippen LogP contribution in [0.5, 0.6) is 0 Å². The number of carbonyl (C=O) groups excluding carboxylic acids is 2. The largest absolute Gasteiger partial charge is 0.449 e. The molecule has 1 atom stereocenters. The van der Waals surface area contributed by atoms with Crippen molar-refractivity contribution in [1.82, 2.24) is 10.1 Å². The first kappa shape index (κ1) is 15.2. The molecule has 1 amide bonds. The number of ether oxygens (including phenoxy) is 1. The molecule has 0 fully saturated rings. The molecule has 8 heteroatoms. The summed E-state index contributed by atoms with van der Waals surface area (Å²) in [6.07, 6.45) is 1.92. The van der Waals surface area contributed by atoms with Gasteiger partial charge in [0.25, 0.3) is 5.91 Å². The number of hydrogen-bond acceptors (Lipinski definition) is 6. The van der Waals surface area contributed by atoms with Gasteiger partial charge >= 0.3 is 5.97 Å². The van der Waals surface area contributed by atoms with Crippen molar-refractivity contribution < 1.29 is 18.8 Å². The van der Waals surface area contributed by atoms with Crippen LogP contribution in [0.25, 0.3) is 0 Å². The molecule has 0 bridgehead atoms. The predicted molar refractivity (Wildman–Crippen MR) is 76.7 cm³/mol. The van der Waals surface area contributed by atoms with Crippen LogP contribution in [0.3, 0.4) is 0 Å². The molecule has 0 saturated carbocycles. The number of nitrogens with one attached hydrogen (secondary N) is 1. The van der Waals surface area contributed by atoms with E-state index in [4.69, 9.17) is 9.26 Å². The number of rotatable bonds is 4. The summed E-state index contributed by atoms with van der Waals surface area (Å²) in [5.74, 6) is -0.304. The average molecular weight is 354 g/mol. The van der Waals surface area contributed by atoms with Gasteiger partial charge in [0.05, 0.1) is 5.56 Å². The van der Waals surface area contributed by atoms with E-state index in [1.54, 1.807) is 25.3 Å². The lowest BCUT2D eigenvalue weighted by Crippen LogP contribution is -2.30. The van der Waals surface area contributed by atoms with Crippen molar-refractivity contribution in [1.29, 1.82) is 0 Å². The topological polar surface area (TPSA) is 94.3 Å². The minimum atomic E-state index is -0.978. The van der Waals surface area contributed by atoms with Gasteiger partial charge in [-0.15, -0.1) is 0 Å². The molecule has 2 aromatic rings. The van der Waals surface area contributed by atoms with Crippen molar-refractivity contribution in [3.63, 3.8) is 0 Å². The van der Waals surface area contributed by atoms with Gasteiger partial charge in [0.2, 0.25) is 0 Å². The van der Waals surface area contributed by atoms with E-state index in [1.807, 2.05) is 0 Å². The van der Waals surface area contributed by atoms with Gasteiger partial charge in [-0.25, -0.2) is 4.79 Å². The molecule has 110 valence electrons. The van der Waals surface area contributed by atoms with Gasteiger partial charge in [0, 0.05) is 22.9 Å². The third-order valence-electron chi connectivity index (χ3n) is 2.47. The van der Waals surface area contributed by atoms with Gasteiger partial charge in [-0.05, 0) is 35.8 Å². The van der Waals surface area contributed by atoms with Gasteiger partial charge in [0.1, 0.15) is 5.76 Å². The number of esters is 1. The highest BCUT2D eigenvalue weighted by molar-refractivity contribution is 9.10. The van der Waals surface area contributed by atoms with Gasteiger partial charge in [0.15, 0.2) is 11.9 Å². The molecule has 0 aliphatic rings. The lowest BCUT2D eigenvalue weighted by Gasteiger charge is -2.12. The Balaban J connectivity index is 1.95. The number of pyridine rings is 1. The summed E-state index contributed by atoms with van der Waals surface area (Å²) in [6, 6.07) is 3.12. The smallest absolute Gasteiger partial charge is 0.340 e. The molecular formula is C13H12BrN3O4. The van der Waals surface area contributed by atoms with Crippen LogP contribution < -0.4 is 5.32 Å². The van der Waals surface area contributed by atoms with Crippen LogP contribution >= 0.6 is 15.9 Å². The molecule has 0 unspecified atom stereocenters. The Morgan fingerprint density at radius 2 is 2.14 bits per heavy atom. The monoisotopic (exact) mass is 353 g/mol. The van der Waals surface area contributed by atoms with Crippen molar-refractivity contribution >= 4 is 33.6 Å². The number of hydrogen-bond donors (Lipinski definition) is 1. The van der Waals surface area contributed by atoms with Gasteiger partial charge < -0.3 is 14.6 Å². The fourth-order valence-corrected chi connectivity index (χ4v) is 1.82. The minimum Gasteiger partial charge on any atom is -0.449 e. The highest BCUT2D eigenvalue weighted by atomic mass is 79.9. The van der Waals surface area contributed by atoms with E-state index in [9.17, 15) is 9.59 Å². The second-order valence-electron chi connectivity index (χ2n) is 4.25. The van der Waals surface area contributed by atoms with Crippen molar-refractivity contribution in [3.05, 3.63) is 40.3 Å². The van der Waals surface area contributed by atoms with Crippen molar-refractivity contribution in [2.24, 2.45) is 0 Å². The normalized spacial score (nSPS) is 11.8. The molecule has 0 saturated heterocycles. The number of amides is 1. The standard InChI is InChI=1S/C13H12BrN3O4/c1-7-3-11(17-21-7)16-12(18)8(2)20-13(19)9-4-10(14)6-15-5-9/h3-6,8H,1-2H3,(H,16,17,18)/t8-/m0/s1. The van der Waals surface area contributed by atoms with Gasteiger partial charge in [-0.3, -0.25) is 9.78 Å². The zero-order chi connectivity index (χ0) is 15.4. The summed E-state index contributed by atoms with van der Waals surface area (Å²) in [5, 5.41) is 6.11. The highest BCUT2D eigenvalue weighted by Gasteiger charge is 2.20. The summed E-state index contributed by atoms with van der Waals surface area (Å²) in [4.78, 5) is 27.6. The molecule has 0 aromatic carbocycles. The summed E-state index contributed by atoms with van der Waals surface area (Å²) in [6.45, 7) is 3.16. The summed E-state index contributed by atoms with van der Waals surface area (Å²) in [5.41, 5.74) is 0.251. The Kier molecular flexibility index (Phi) is 4.69. The van der Waals surface area contributed by atoms with Gasteiger partial charge in [-0.2, -0.15) is 0 Å². The number of carbonyl (C=O) groups is 2. The molecular weight excluding hydrogens is 342 g/mol. The fraction of sp³-hybridized carbons (Fsp3) is 0.231. The van der Waals surface area contributed by atoms with Crippen molar-refractivity contribution in [2.75, 3.05) is 5.32 Å². The number of halogens is 1. The lowest BCUT2D eigenvalue weighted by molar-refractivity contribution is -0.123. The summed E-state index contributed by atoms with van der Waals surface area (Å²) in [7, 11) is 0. The molecule has 0 aliphatic carbocycles. The van der Waals surface area contributed by atoms with Crippen LogP contribution in [0.4, 0.5) is 5.82 Å². The van der Waals surface area contributed by atoms with E-state index in [0.29, 0.717) is 10.2 Å². The molecule has 0 radical (unpaired) electrons. The Hall–Kier alpha value is -2.22. The molecule has 7 nitrogen and oxygen atoms in total. The van der Waals surface area contributed by atoms with E-state index in [0.717, 1.165) is 0 Å². The summed E-state index contributed by atoms with van der Waals surface area (Å²) >= 11 is 3.20. The van der Waals surface area contributed by atoms with Gasteiger partial charge in [-0.1, -0.05) is 5.16 Å². The second kappa shape index (κ2) is 6.49. The average Bonchev–Trinajstić information content (AvgIpc) is 2.84. The molecule has 1 N–H and O–H groups in total. The lowest BCUT2D eigenvalue weighted by atomic mass is 10.3. The first-order valence-corrected chi connectivity index (χ1v) is 6.80. The molecule has 21 heavy (non-hydrogen) atoms. The maximum atomic E-state index is 11.9. The first-order chi connectivity index (χ1) is 9.95. The van der Waals surface area contributed by atoms with E-state index < -0.39 is 18.0 Å². The van der Waals surface area contributed by atoms with E-state index in [1.165, 1.54) is 13.1 Å². The Labute approximate surface area is 128 Å². The first-order valence-electron chi connectivity index (χ1n) is 6.01. The Bertz CT molecular complexity index is 671. The van der Waals surface area contributed by atoms with Crippen LogP contribution in [-0.4, -0.2) is 28.1 Å². The van der Waals surface area contributed by atoms with E-state index in [-0.39, 0.29) is 11.4 Å². The van der Waals surface area contributed by atoms with Crippen LogP contribution in [-0.2, 0) is 9.53 Å². The van der Waals surface area contributed by atoms with Crippen LogP contribution in [0.1, 0.15) is 23.0 Å². The number of nitrogens with zero attached hydrogens (tertiary/aromatic N) is 2. The quantitative estimate of drug-likeness (QED) is 0.847.